The number of rotatable bonds is 1. The molecule has 2 rings (SSSR count). The first kappa shape index (κ1) is 6.67. The molecule has 1 aliphatic rings. The number of anilines is 1. The van der Waals surface area contributed by atoms with Crippen molar-refractivity contribution in [3.8, 4) is 0 Å². The van der Waals surface area contributed by atoms with Crippen LogP contribution >= 0.6 is 0 Å². The molecule has 4 nitrogen and oxygen atoms in total. The highest BCUT2D eigenvalue weighted by Crippen LogP contribution is 2.07. The Kier molecular flexibility index (Phi) is 1.77. The molecule has 0 unspecified atom stereocenters. The fraction of sp³-hybridized carbons (Fsp3) is 0.571. The monoisotopic (exact) mass is 151 g/mol. The number of hydrogen-bond donors (Lipinski definition) is 2. The highest BCUT2D eigenvalue weighted by molar-refractivity contribution is 5.35. The van der Waals surface area contributed by atoms with Gasteiger partial charge in [-0.3, -0.25) is 0 Å². The lowest BCUT2D eigenvalue weighted by atomic mass is 10.4. The number of H-pyrrole nitrogens is 1. The Labute approximate surface area is 65.6 Å². The summed E-state index contributed by atoms with van der Waals surface area (Å²) in [6.45, 7) is 4.18. The van der Waals surface area contributed by atoms with Crippen LogP contribution in [-0.4, -0.2) is 36.1 Å². The van der Waals surface area contributed by atoms with Crippen LogP contribution in [-0.2, 0) is 0 Å². The van der Waals surface area contributed by atoms with E-state index in [0.29, 0.717) is 0 Å². The summed E-state index contributed by atoms with van der Waals surface area (Å²) in [5.74, 6) is 1.01. The van der Waals surface area contributed by atoms with Crippen LogP contribution in [0.1, 0.15) is 0 Å². The molecule has 1 saturated heterocycles. The average Bonchev–Trinajstić information content (AvgIpc) is 2.58. The van der Waals surface area contributed by atoms with E-state index < -0.39 is 0 Å². The third kappa shape index (κ3) is 1.35. The largest absolute Gasteiger partial charge is 0.353 e. The van der Waals surface area contributed by atoms with Crippen LogP contribution in [0.3, 0.4) is 0 Å². The third-order valence-electron chi connectivity index (χ3n) is 1.88. The van der Waals surface area contributed by atoms with E-state index in [-0.39, 0.29) is 0 Å². The zero-order valence-electron chi connectivity index (χ0n) is 6.30. The first-order valence-corrected chi connectivity index (χ1v) is 3.84. The van der Waals surface area contributed by atoms with E-state index in [1.807, 2.05) is 6.20 Å². The smallest absolute Gasteiger partial charge is 0.175 e. The molecule has 1 aromatic heterocycles. The van der Waals surface area contributed by atoms with E-state index in [2.05, 4.69) is 26.5 Å². The molecule has 0 aliphatic carbocycles. The number of piperazine rings is 1. The van der Waals surface area contributed by atoms with E-state index in [1.165, 1.54) is 0 Å². The van der Waals surface area contributed by atoms with Gasteiger partial charge >= 0.3 is 0 Å². The van der Waals surface area contributed by atoms with Crippen molar-refractivity contribution < 1.29 is 0 Å². The van der Waals surface area contributed by atoms with Gasteiger partial charge in [0.1, 0.15) is 5.82 Å². The minimum absolute atomic E-state index is 1.01. The van der Waals surface area contributed by atoms with Crippen LogP contribution in [0.25, 0.3) is 0 Å². The van der Waals surface area contributed by atoms with E-state index in [0.717, 1.165) is 32.0 Å². The van der Waals surface area contributed by atoms with Crippen LogP contribution in [0.15, 0.2) is 6.20 Å². The number of nitrogens with zero attached hydrogens (tertiary/aromatic N) is 2. The topological polar surface area (TPSA) is 44.0 Å². The van der Waals surface area contributed by atoms with Gasteiger partial charge in [0.05, 0.1) is 0 Å². The molecule has 4 heteroatoms. The predicted octanol–water partition coefficient (Wildman–Crippen LogP) is -0.381. The van der Waals surface area contributed by atoms with Gasteiger partial charge in [-0.1, -0.05) is 0 Å². The van der Waals surface area contributed by atoms with Gasteiger partial charge in [-0.25, -0.2) is 4.98 Å². The fourth-order valence-corrected chi connectivity index (χ4v) is 1.27. The van der Waals surface area contributed by atoms with Crippen molar-refractivity contribution in [1.29, 1.82) is 0 Å². The van der Waals surface area contributed by atoms with E-state index in [1.54, 1.807) is 0 Å². The number of aromatic amines is 1. The molecular formula is C7H11N4. The number of hydrogen-bond acceptors (Lipinski definition) is 3. The summed E-state index contributed by atoms with van der Waals surface area (Å²) in [6, 6.07) is 0. The van der Waals surface area contributed by atoms with E-state index >= 15 is 0 Å². The highest BCUT2D eigenvalue weighted by atomic mass is 15.2. The second-order valence-corrected chi connectivity index (χ2v) is 2.61. The molecule has 1 radical (unpaired) electrons. The van der Waals surface area contributed by atoms with Crippen molar-refractivity contribution in [3.63, 3.8) is 0 Å². The van der Waals surface area contributed by atoms with Crippen LogP contribution < -0.4 is 10.2 Å². The molecule has 2 N–H and O–H groups in total. The molecule has 59 valence electrons. The van der Waals surface area contributed by atoms with Crippen molar-refractivity contribution in [3.05, 3.63) is 12.5 Å². The zero-order valence-corrected chi connectivity index (χ0v) is 6.30. The second kappa shape index (κ2) is 2.92. The van der Waals surface area contributed by atoms with Crippen molar-refractivity contribution in [1.82, 2.24) is 15.3 Å². The predicted molar refractivity (Wildman–Crippen MR) is 42.5 cm³/mol. The first-order valence-electron chi connectivity index (χ1n) is 3.84. The zero-order chi connectivity index (χ0) is 7.52. The van der Waals surface area contributed by atoms with Crippen LogP contribution in [0, 0.1) is 6.33 Å². The van der Waals surface area contributed by atoms with E-state index in [4.69, 9.17) is 0 Å². The van der Waals surface area contributed by atoms with Gasteiger partial charge < -0.3 is 15.2 Å². The lowest BCUT2D eigenvalue weighted by molar-refractivity contribution is 0.585. The number of nitrogens with one attached hydrogen (secondary N) is 2. The van der Waals surface area contributed by atoms with Crippen molar-refractivity contribution >= 4 is 5.82 Å². The lowest BCUT2D eigenvalue weighted by Gasteiger charge is -2.26. The van der Waals surface area contributed by atoms with Crippen LogP contribution in [0.4, 0.5) is 5.82 Å². The maximum Gasteiger partial charge on any atom is 0.175 e. The van der Waals surface area contributed by atoms with Gasteiger partial charge in [-0.2, -0.15) is 0 Å². The van der Waals surface area contributed by atoms with Gasteiger partial charge in [-0.15, -0.1) is 0 Å². The molecule has 0 spiro atoms. The van der Waals surface area contributed by atoms with E-state index in [9.17, 15) is 0 Å². The molecule has 1 aliphatic heterocycles. The quantitative estimate of drug-likeness (QED) is 0.575. The number of aromatic nitrogens is 2. The van der Waals surface area contributed by atoms with Gasteiger partial charge in [-0.05, 0) is 0 Å². The van der Waals surface area contributed by atoms with Crippen LogP contribution in [0.5, 0.6) is 0 Å². The summed E-state index contributed by atoms with van der Waals surface area (Å²) in [5, 5.41) is 3.29. The maximum atomic E-state index is 4.06. The number of imidazole rings is 1. The molecule has 0 bridgehead atoms. The molecular weight excluding hydrogens is 140 g/mol. The Balaban J connectivity index is 2.04. The fourth-order valence-electron chi connectivity index (χ4n) is 1.27. The normalized spacial score (nSPS) is 18.7. The van der Waals surface area contributed by atoms with Gasteiger partial charge in [0.2, 0.25) is 0 Å². The summed E-state index contributed by atoms with van der Waals surface area (Å²) < 4.78 is 0. The molecule has 1 fully saturated rings. The molecule has 1 aromatic rings. The molecule has 0 saturated carbocycles. The summed E-state index contributed by atoms with van der Waals surface area (Å²) in [4.78, 5) is 9.13. The van der Waals surface area contributed by atoms with Crippen molar-refractivity contribution in [2.75, 3.05) is 31.1 Å². The Bertz CT molecular complexity index is 200. The highest BCUT2D eigenvalue weighted by Gasteiger charge is 2.10. The lowest BCUT2D eigenvalue weighted by Crippen LogP contribution is -2.43. The third-order valence-corrected chi connectivity index (χ3v) is 1.88. The standard InChI is InChI=1S/C7H11N4/c1-3-11(4-2-8-1)7-5-9-6-10-7/h5,8H,1-4H2,(H,9,10). The molecule has 2 heterocycles. The molecule has 0 aromatic carbocycles. The Morgan fingerprint density at radius 1 is 1.45 bits per heavy atom. The van der Waals surface area contributed by atoms with Gasteiger partial charge in [0.15, 0.2) is 6.33 Å². The molecule has 0 atom stereocenters. The summed E-state index contributed by atoms with van der Waals surface area (Å²) in [6.07, 6.45) is 4.57. The molecule has 0 amide bonds. The van der Waals surface area contributed by atoms with Gasteiger partial charge in [0.25, 0.3) is 0 Å². The summed E-state index contributed by atoms with van der Waals surface area (Å²) in [5.41, 5.74) is 0. The molecule has 11 heavy (non-hydrogen) atoms. The van der Waals surface area contributed by atoms with Crippen molar-refractivity contribution in [2.24, 2.45) is 0 Å². The summed E-state index contributed by atoms with van der Waals surface area (Å²) in [7, 11) is 0. The Morgan fingerprint density at radius 2 is 2.27 bits per heavy atom. The second-order valence-electron chi connectivity index (χ2n) is 2.61. The first-order chi connectivity index (χ1) is 5.47. The average molecular weight is 151 g/mol. The SMILES string of the molecule is [c]1nc(N2CCNCC2)c[nH]1. The van der Waals surface area contributed by atoms with Crippen LogP contribution in [0.2, 0.25) is 0 Å². The summed E-state index contributed by atoms with van der Waals surface area (Å²) >= 11 is 0. The minimum atomic E-state index is 1.01. The maximum absolute atomic E-state index is 4.06. The Morgan fingerprint density at radius 3 is 2.91 bits per heavy atom. The van der Waals surface area contributed by atoms with Crippen molar-refractivity contribution in [2.45, 2.75) is 0 Å². The minimum Gasteiger partial charge on any atom is -0.353 e. The van der Waals surface area contributed by atoms with Gasteiger partial charge in [0, 0.05) is 32.4 Å². The Hall–Kier alpha value is -1.03.